The first-order chi connectivity index (χ1) is 9.13. The zero-order chi connectivity index (χ0) is 13.8. The van der Waals surface area contributed by atoms with Crippen molar-refractivity contribution in [2.45, 2.75) is 58.8 Å². The fraction of sp³-hybridized carbons (Fsp3) is 0.733. The van der Waals surface area contributed by atoms with Gasteiger partial charge >= 0.3 is 0 Å². The summed E-state index contributed by atoms with van der Waals surface area (Å²) in [6, 6.07) is 1.93. The van der Waals surface area contributed by atoms with E-state index in [1.54, 1.807) is 0 Å². The molecule has 1 fully saturated rings. The van der Waals surface area contributed by atoms with Crippen LogP contribution in [0, 0.1) is 11.8 Å². The van der Waals surface area contributed by atoms with Crippen molar-refractivity contribution < 1.29 is 0 Å². The lowest BCUT2D eigenvalue weighted by molar-refractivity contribution is 0.254. The summed E-state index contributed by atoms with van der Waals surface area (Å²) in [6.07, 6.45) is 5.94. The minimum Gasteiger partial charge on any atom is -0.308 e. The van der Waals surface area contributed by atoms with E-state index < -0.39 is 0 Å². The summed E-state index contributed by atoms with van der Waals surface area (Å²) in [5, 5.41) is 0. The summed E-state index contributed by atoms with van der Waals surface area (Å²) in [4.78, 5) is 9.23. The number of hydrogen-bond acceptors (Lipinski definition) is 4. The summed E-state index contributed by atoms with van der Waals surface area (Å²) in [5.74, 6) is 9.39. The molecule has 3 N–H and O–H groups in total. The molecule has 2 rings (SSSR count). The van der Waals surface area contributed by atoms with E-state index in [0.717, 1.165) is 35.6 Å². The molecule has 0 bridgehead atoms. The van der Waals surface area contributed by atoms with Crippen LogP contribution in [0.2, 0.25) is 0 Å². The summed E-state index contributed by atoms with van der Waals surface area (Å²) < 4.78 is 0. The molecule has 0 aliphatic heterocycles. The Labute approximate surface area is 116 Å². The molecule has 0 unspecified atom stereocenters. The van der Waals surface area contributed by atoms with Gasteiger partial charge in [0.25, 0.3) is 0 Å². The fourth-order valence-corrected chi connectivity index (χ4v) is 3.00. The number of hydrazine groups is 1. The van der Waals surface area contributed by atoms with E-state index >= 15 is 0 Å². The molecule has 0 amide bonds. The minimum atomic E-state index is 0.508. The predicted octanol–water partition coefficient (Wildman–Crippen LogP) is 3.25. The third kappa shape index (κ3) is 3.44. The van der Waals surface area contributed by atoms with Gasteiger partial charge in [0.05, 0.1) is 0 Å². The van der Waals surface area contributed by atoms with E-state index in [2.05, 4.69) is 36.2 Å². The molecule has 1 heterocycles. The van der Waals surface area contributed by atoms with Gasteiger partial charge in [0.2, 0.25) is 0 Å². The smallest absolute Gasteiger partial charge is 0.143 e. The van der Waals surface area contributed by atoms with E-state index in [1.165, 1.54) is 25.7 Å². The fourth-order valence-electron chi connectivity index (χ4n) is 3.00. The molecular formula is C15H26N4. The summed E-state index contributed by atoms with van der Waals surface area (Å²) >= 11 is 0. The highest BCUT2D eigenvalue weighted by Crippen LogP contribution is 2.37. The van der Waals surface area contributed by atoms with Gasteiger partial charge in [0, 0.05) is 17.7 Å². The number of nitrogens with one attached hydrogen (secondary N) is 1. The summed E-state index contributed by atoms with van der Waals surface area (Å²) in [6.45, 7) is 6.77. The molecule has 106 valence electrons. The van der Waals surface area contributed by atoms with E-state index in [-0.39, 0.29) is 0 Å². The van der Waals surface area contributed by atoms with Crippen LogP contribution >= 0.6 is 0 Å². The number of nitrogen functional groups attached to an aromatic ring is 1. The highest BCUT2D eigenvalue weighted by molar-refractivity contribution is 5.35. The van der Waals surface area contributed by atoms with Crippen LogP contribution in [0.3, 0.4) is 0 Å². The first-order valence-electron chi connectivity index (χ1n) is 7.48. The maximum atomic E-state index is 5.49. The van der Waals surface area contributed by atoms with E-state index in [1.807, 2.05) is 6.07 Å². The Morgan fingerprint density at radius 1 is 1.26 bits per heavy atom. The van der Waals surface area contributed by atoms with Crippen molar-refractivity contribution in [1.29, 1.82) is 0 Å². The lowest BCUT2D eigenvalue weighted by Gasteiger charge is -2.30. The zero-order valence-corrected chi connectivity index (χ0v) is 12.3. The number of anilines is 1. The summed E-state index contributed by atoms with van der Waals surface area (Å²) in [5.41, 5.74) is 3.73. The Balaban J connectivity index is 2.10. The molecule has 1 aliphatic carbocycles. The van der Waals surface area contributed by atoms with Gasteiger partial charge in [-0.1, -0.05) is 20.8 Å². The second-order valence-corrected chi connectivity index (χ2v) is 5.96. The van der Waals surface area contributed by atoms with Crippen molar-refractivity contribution in [2.24, 2.45) is 17.7 Å². The first-order valence-corrected chi connectivity index (χ1v) is 7.48. The highest BCUT2D eigenvalue weighted by atomic mass is 15.3. The summed E-state index contributed by atoms with van der Waals surface area (Å²) in [7, 11) is 0. The number of nitrogens with two attached hydrogens (primary N) is 1. The first kappa shape index (κ1) is 14.3. The van der Waals surface area contributed by atoms with Gasteiger partial charge in [-0.3, -0.25) is 0 Å². The van der Waals surface area contributed by atoms with E-state index in [4.69, 9.17) is 5.84 Å². The van der Waals surface area contributed by atoms with Crippen LogP contribution in [0.4, 0.5) is 5.82 Å². The van der Waals surface area contributed by atoms with Crippen LogP contribution in [0.15, 0.2) is 6.07 Å². The third-order valence-electron chi connectivity index (χ3n) is 4.39. The van der Waals surface area contributed by atoms with Gasteiger partial charge in [0.1, 0.15) is 11.6 Å². The van der Waals surface area contributed by atoms with Gasteiger partial charge < -0.3 is 5.43 Å². The Morgan fingerprint density at radius 2 is 1.95 bits per heavy atom. The van der Waals surface area contributed by atoms with Crippen LogP contribution in [0.1, 0.15) is 63.9 Å². The van der Waals surface area contributed by atoms with Crippen molar-refractivity contribution in [3.05, 3.63) is 17.6 Å². The molecule has 1 aromatic heterocycles. The topological polar surface area (TPSA) is 63.8 Å². The van der Waals surface area contributed by atoms with E-state index in [0.29, 0.717) is 5.92 Å². The van der Waals surface area contributed by atoms with Crippen LogP contribution < -0.4 is 11.3 Å². The second-order valence-electron chi connectivity index (χ2n) is 5.96. The van der Waals surface area contributed by atoms with Gasteiger partial charge in [-0.15, -0.1) is 0 Å². The Kier molecular flexibility index (Phi) is 4.75. The van der Waals surface area contributed by atoms with Gasteiger partial charge in [-0.2, -0.15) is 0 Å². The van der Waals surface area contributed by atoms with Crippen molar-refractivity contribution in [3.63, 3.8) is 0 Å². The number of aryl methyl sites for hydroxylation is 1. The minimum absolute atomic E-state index is 0.508. The van der Waals surface area contributed by atoms with Gasteiger partial charge in [-0.05, 0) is 43.9 Å². The van der Waals surface area contributed by atoms with Crippen molar-refractivity contribution in [3.8, 4) is 0 Å². The van der Waals surface area contributed by atoms with E-state index in [9.17, 15) is 0 Å². The molecule has 4 nitrogen and oxygen atoms in total. The molecular weight excluding hydrogens is 236 g/mol. The molecule has 4 heteroatoms. The maximum absolute atomic E-state index is 5.49. The van der Waals surface area contributed by atoms with Crippen molar-refractivity contribution in [1.82, 2.24) is 9.97 Å². The maximum Gasteiger partial charge on any atom is 0.143 e. The molecule has 1 aromatic rings. The Morgan fingerprint density at radius 3 is 2.47 bits per heavy atom. The van der Waals surface area contributed by atoms with Crippen LogP contribution in [0.5, 0.6) is 0 Å². The molecule has 1 aliphatic rings. The lowest BCUT2D eigenvalue weighted by atomic mass is 9.76. The molecule has 0 radical (unpaired) electrons. The van der Waals surface area contributed by atoms with Crippen molar-refractivity contribution >= 4 is 5.82 Å². The molecule has 19 heavy (non-hydrogen) atoms. The Bertz CT molecular complexity index is 386. The van der Waals surface area contributed by atoms with Crippen molar-refractivity contribution in [2.75, 3.05) is 5.43 Å². The monoisotopic (exact) mass is 262 g/mol. The molecule has 0 spiro atoms. The second kappa shape index (κ2) is 6.33. The molecule has 0 aromatic carbocycles. The van der Waals surface area contributed by atoms with Gasteiger partial charge in [-0.25, -0.2) is 15.8 Å². The number of aromatic nitrogens is 2. The third-order valence-corrected chi connectivity index (χ3v) is 4.39. The molecule has 0 saturated heterocycles. The van der Waals surface area contributed by atoms with Crippen LogP contribution in [-0.2, 0) is 6.42 Å². The number of rotatable bonds is 4. The normalized spacial score (nSPS) is 23.6. The molecule has 1 saturated carbocycles. The number of nitrogens with zero attached hydrogens (tertiary/aromatic N) is 2. The molecule has 0 atom stereocenters. The van der Waals surface area contributed by atoms with Crippen LogP contribution in [-0.4, -0.2) is 9.97 Å². The average molecular weight is 262 g/mol. The lowest BCUT2D eigenvalue weighted by Crippen LogP contribution is -2.20. The van der Waals surface area contributed by atoms with Crippen LogP contribution in [0.25, 0.3) is 0 Å². The largest absolute Gasteiger partial charge is 0.308 e. The SMILES string of the molecule is CCc1cc(NN)nc(C2CCC(C(C)C)CC2)n1. The zero-order valence-electron chi connectivity index (χ0n) is 12.3. The van der Waals surface area contributed by atoms with Gasteiger partial charge in [0.15, 0.2) is 0 Å². The standard InChI is InChI=1S/C15H26N4/c1-4-13-9-14(19-16)18-15(17-13)12-7-5-11(6-8-12)10(2)3/h9-12H,4-8,16H2,1-3H3,(H,17,18,19). The highest BCUT2D eigenvalue weighted by Gasteiger charge is 2.26. The Hall–Kier alpha value is -1.16. The average Bonchev–Trinajstić information content (AvgIpc) is 2.46. The number of hydrogen-bond donors (Lipinski definition) is 2. The quantitative estimate of drug-likeness (QED) is 0.646. The predicted molar refractivity (Wildman–Crippen MR) is 78.8 cm³/mol.